The van der Waals surface area contributed by atoms with Crippen molar-refractivity contribution in [2.24, 2.45) is 0 Å². The number of halogens is 5. The quantitative estimate of drug-likeness (QED) is 0.150. The highest BCUT2D eigenvalue weighted by atomic mass is 35.5. The van der Waals surface area contributed by atoms with E-state index in [0.717, 1.165) is 37.6 Å². The first-order valence-corrected chi connectivity index (χ1v) is 17.0. The Labute approximate surface area is 312 Å². The number of benzene rings is 1. The van der Waals surface area contributed by atoms with Crippen molar-refractivity contribution >= 4 is 29.0 Å². The van der Waals surface area contributed by atoms with Gasteiger partial charge in [-0.25, -0.2) is 4.39 Å². The van der Waals surface area contributed by atoms with Crippen molar-refractivity contribution in [3.8, 4) is 17.9 Å². The molecular formula is C36H39ClF4N8O3. The SMILES string of the molecule is [2H]C([2H])([2H])N(C(=O)c1nn2c(c1Cl)CN(c1nc(OC[C@@]34CCCN3CC(=C)C4)nc3c1CO[C@H](c1c(F)c(N)cc(C#CC)c1C(F)(F)F)C3)CCC2)C([2H])([2H])[2H]. The minimum atomic E-state index is -5.02. The van der Waals surface area contributed by atoms with Crippen LogP contribution in [0.2, 0.25) is 5.02 Å². The molecule has 2 aromatic heterocycles. The van der Waals surface area contributed by atoms with Crippen LogP contribution in [0.3, 0.4) is 0 Å². The molecular weight excluding hydrogens is 704 g/mol. The summed E-state index contributed by atoms with van der Waals surface area (Å²) >= 11 is 6.70. The van der Waals surface area contributed by atoms with E-state index < -0.39 is 66.0 Å². The van der Waals surface area contributed by atoms with Crippen LogP contribution >= 0.6 is 11.6 Å². The van der Waals surface area contributed by atoms with Crippen LogP contribution in [0.25, 0.3) is 0 Å². The minimum Gasteiger partial charge on any atom is -0.461 e. The van der Waals surface area contributed by atoms with Gasteiger partial charge in [0.2, 0.25) is 0 Å². The van der Waals surface area contributed by atoms with Gasteiger partial charge >= 0.3 is 12.2 Å². The Hall–Kier alpha value is -4.39. The standard InChI is InChI=1S/C36H39ClF4N8O3/c1-5-8-21-13-23(42)30(38)27(28(21)36(39,40)41)26-14-24-22(18-51-26)32(44-34(43-24)52-19-35-9-6-11-48(35)16-20(2)15-35)47-10-7-12-49-25(17-47)29(37)31(45-49)33(50)46(3)4/h13,26H,2,6-7,9-12,14-19,42H2,1,3-4H3/t26-,35-/m0/s1/i3D3,4D3. The topological polar surface area (TPSA) is 115 Å². The molecule has 16 heteroatoms. The molecule has 2 fully saturated rings. The third-order valence-electron chi connectivity index (χ3n) is 10.1. The van der Waals surface area contributed by atoms with E-state index >= 15 is 4.39 Å². The smallest absolute Gasteiger partial charge is 0.418 e. The van der Waals surface area contributed by atoms with E-state index in [0.29, 0.717) is 24.9 Å². The molecule has 0 saturated carbocycles. The highest BCUT2D eigenvalue weighted by Gasteiger charge is 2.47. The number of nitrogens with two attached hydrogens (primary N) is 1. The van der Waals surface area contributed by atoms with Gasteiger partial charge in [0.1, 0.15) is 12.4 Å². The molecule has 0 radical (unpaired) electrons. The Morgan fingerprint density at radius 2 is 2.08 bits per heavy atom. The molecule has 6 heterocycles. The Morgan fingerprint density at radius 1 is 1.27 bits per heavy atom. The zero-order valence-corrected chi connectivity index (χ0v) is 28.9. The van der Waals surface area contributed by atoms with Crippen LogP contribution in [0.4, 0.5) is 29.1 Å². The molecule has 1 aromatic carbocycles. The third kappa shape index (κ3) is 6.34. The van der Waals surface area contributed by atoms with Crippen molar-refractivity contribution < 1.29 is 40.1 Å². The zero-order chi connectivity index (χ0) is 42.1. The molecule has 0 unspecified atom stereocenters. The van der Waals surface area contributed by atoms with Crippen LogP contribution < -0.4 is 15.4 Å². The van der Waals surface area contributed by atoms with Crippen LogP contribution in [0.15, 0.2) is 18.2 Å². The summed E-state index contributed by atoms with van der Waals surface area (Å²) in [6.45, 7) is 0.683. The molecule has 52 heavy (non-hydrogen) atoms. The number of carbonyl (C=O) groups excluding carboxylic acids is 1. The van der Waals surface area contributed by atoms with Gasteiger partial charge in [0.05, 0.1) is 52.5 Å². The lowest BCUT2D eigenvalue weighted by Gasteiger charge is -2.33. The maximum Gasteiger partial charge on any atom is 0.418 e. The molecule has 1 amide bonds. The van der Waals surface area contributed by atoms with E-state index in [-0.39, 0.29) is 71.4 Å². The first-order valence-electron chi connectivity index (χ1n) is 19.7. The second-order valence-corrected chi connectivity index (χ2v) is 13.8. The number of anilines is 2. The highest BCUT2D eigenvalue weighted by molar-refractivity contribution is 6.34. The first-order chi connectivity index (χ1) is 27.1. The van der Waals surface area contributed by atoms with Crippen molar-refractivity contribution in [2.75, 3.05) is 50.8 Å². The molecule has 276 valence electrons. The second-order valence-electron chi connectivity index (χ2n) is 13.5. The van der Waals surface area contributed by atoms with Gasteiger partial charge in [-0.15, -0.1) is 5.92 Å². The normalized spacial score (nSPS) is 23.8. The summed E-state index contributed by atoms with van der Waals surface area (Å²) in [7, 11) is 0. The number of fused-ring (bicyclic) bond motifs is 3. The van der Waals surface area contributed by atoms with Gasteiger partial charge in [0, 0.05) is 64.9 Å². The number of alkyl halides is 3. The van der Waals surface area contributed by atoms with E-state index in [2.05, 4.69) is 33.4 Å². The summed E-state index contributed by atoms with van der Waals surface area (Å²) in [5.74, 6) is 2.39. The Kier molecular flexibility index (Phi) is 7.58. The number of carbonyl (C=O) groups is 1. The lowest BCUT2D eigenvalue weighted by atomic mass is 9.91. The van der Waals surface area contributed by atoms with Crippen LogP contribution in [-0.2, 0) is 37.0 Å². The Morgan fingerprint density at radius 3 is 2.83 bits per heavy atom. The third-order valence-corrected chi connectivity index (χ3v) is 10.5. The average molecular weight is 749 g/mol. The van der Waals surface area contributed by atoms with Crippen molar-refractivity contribution in [3.63, 3.8) is 0 Å². The van der Waals surface area contributed by atoms with Crippen molar-refractivity contribution in [3.05, 3.63) is 68.4 Å². The van der Waals surface area contributed by atoms with Gasteiger partial charge in [-0.2, -0.15) is 28.2 Å². The monoisotopic (exact) mass is 748 g/mol. The fraction of sp³-hybridized carbons (Fsp3) is 0.500. The minimum absolute atomic E-state index is 0.0778. The number of hydrogen-bond donors (Lipinski definition) is 1. The molecule has 11 nitrogen and oxygen atoms in total. The summed E-state index contributed by atoms with van der Waals surface area (Å²) in [6.07, 6.45) is -3.96. The molecule has 2 atom stereocenters. The van der Waals surface area contributed by atoms with Gasteiger partial charge in [0.15, 0.2) is 11.5 Å². The summed E-state index contributed by atoms with van der Waals surface area (Å²) < 4.78 is 120. The van der Waals surface area contributed by atoms with E-state index in [1.807, 2.05) is 0 Å². The van der Waals surface area contributed by atoms with Gasteiger partial charge in [-0.3, -0.25) is 14.4 Å². The molecule has 4 aliphatic heterocycles. The molecule has 0 bridgehead atoms. The maximum atomic E-state index is 15.8. The number of ether oxygens (including phenoxy) is 2. The fourth-order valence-electron chi connectivity index (χ4n) is 7.84. The van der Waals surface area contributed by atoms with Crippen LogP contribution in [0.5, 0.6) is 6.01 Å². The first kappa shape index (κ1) is 29.1. The number of nitrogens with zero attached hydrogens (tertiary/aromatic N) is 7. The van der Waals surface area contributed by atoms with Crippen LogP contribution in [0, 0.1) is 17.7 Å². The lowest BCUT2D eigenvalue weighted by molar-refractivity contribution is -0.140. The number of hydrogen-bond acceptors (Lipinski definition) is 9. The molecule has 0 spiro atoms. The summed E-state index contributed by atoms with van der Waals surface area (Å²) in [5.41, 5.74) is 3.76. The molecule has 3 aromatic rings. The van der Waals surface area contributed by atoms with E-state index in [4.69, 9.17) is 40.0 Å². The molecule has 0 aliphatic carbocycles. The number of nitrogen functional groups attached to an aromatic ring is 1. The van der Waals surface area contributed by atoms with Crippen molar-refractivity contribution in [1.29, 1.82) is 0 Å². The molecule has 4 aliphatic rings. The summed E-state index contributed by atoms with van der Waals surface area (Å²) in [5, 5.41) is 3.97. The van der Waals surface area contributed by atoms with E-state index in [1.165, 1.54) is 11.6 Å². The highest BCUT2D eigenvalue weighted by Crippen LogP contribution is 2.45. The van der Waals surface area contributed by atoms with E-state index in [1.54, 1.807) is 4.90 Å². The maximum absolute atomic E-state index is 15.8. The fourth-order valence-corrected chi connectivity index (χ4v) is 8.11. The van der Waals surface area contributed by atoms with Crippen LogP contribution in [0.1, 0.15) is 91.1 Å². The average Bonchev–Trinajstić information content (AvgIpc) is 3.68. The van der Waals surface area contributed by atoms with Crippen molar-refractivity contribution in [1.82, 2.24) is 29.5 Å². The molecule has 2 N–H and O–H groups in total. The lowest BCUT2D eigenvalue weighted by Crippen LogP contribution is -2.43. The molecule has 2 saturated heterocycles. The summed E-state index contributed by atoms with van der Waals surface area (Å²) in [6, 6.07) is 0.767. The summed E-state index contributed by atoms with van der Waals surface area (Å²) in [4.78, 5) is 26.7. The number of aryl methyl sites for hydroxylation is 1. The van der Waals surface area contributed by atoms with E-state index in [9.17, 15) is 18.0 Å². The second kappa shape index (κ2) is 13.5. The van der Waals surface area contributed by atoms with Gasteiger partial charge in [-0.05, 0) is 45.2 Å². The Bertz CT molecular complexity index is 2230. The van der Waals surface area contributed by atoms with Crippen LogP contribution in [-0.4, -0.2) is 81.2 Å². The van der Waals surface area contributed by atoms with Gasteiger partial charge < -0.3 is 25.0 Å². The largest absolute Gasteiger partial charge is 0.461 e. The predicted molar refractivity (Wildman–Crippen MR) is 185 cm³/mol. The number of rotatable bonds is 6. The number of amides is 1. The predicted octanol–water partition coefficient (Wildman–Crippen LogP) is 5.54. The Balaban J connectivity index is 1.29. The van der Waals surface area contributed by atoms with Gasteiger partial charge in [0.25, 0.3) is 5.91 Å². The van der Waals surface area contributed by atoms with Gasteiger partial charge in [-0.1, -0.05) is 29.7 Å². The zero-order valence-electron chi connectivity index (χ0n) is 34.2. The molecule has 7 rings (SSSR count). The van der Waals surface area contributed by atoms with Crippen molar-refractivity contribution in [2.45, 2.75) is 76.5 Å². The number of aromatic nitrogens is 4.